The highest BCUT2D eigenvalue weighted by Crippen LogP contribution is 2.28. The number of nitriles is 1. The number of methoxy groups -OCH3 is 1. The van der Waals surface area contributed by atoms with Crippen LogP contribution in [0.25, 0.3) is 0 Å². The van der Waals surface area contributed by atoms with Crippen LogP contribution < -0.4 is 14.8 Å². The second-order valence-corrected chi connectivity index (χ2v) is 4.27. The topological polar surface area (TPSA) is 71.3 Å². The summed E-state index contributed by atoms with van der Waals surface area (Å²) in [7, 11) is 1.59. The highest BCUT2D eigenvalue weighted by molar-refractivity contribution is 5.76. The van der Waals surface area contributed by atoms with Crippen LogP contribution in [-0.2, 0) is 11.2 Å². The predicted octanol–water partition coefficient (Wildman–Crippen LogP) is 2.06. The third-order valence-corrected chi connectivity index (χ3v) is 2.70. The Morgan fingerprint density at radius 3 is 2.85 bits per heavy atom. The van der Waals surface area contributed by atoms with Crippen molar-refractivity contribution in [1.29, 1.82) is 5.26 Å². The van der Waals surface area contributed by atoms with E-state index in [2.05, 4.69) is 5.32 Å². The van der Waals surface area contributed by atoms with Gasteiger partial charge in [-0.3, -0.25) is 4.79 Å². The molecule has 1 N–H and O–H groups in total. The van der Waals surface area contributed by atoms with Gasteiger partial charge in [-0.05, 0) is 30.5 Å². The summed E-state index contributed by atoms with van der Waals surface area (Å²) in [6, 6.07) is 7.53. The molecule has 0 aliphatic rings. The fourth-order valence-corrected chi connectivity index (χ4v) is 1.68. The van der Waals surface area contributed by atoms with E-state index in [1.54, 1.807) is 7.11 Å². The first-order chi connectivity index (χ1) is 9.71. The van der Waals surface area contributed by atoms with Gasteiger partial charge in [-0.1, -0.05) is 13.0 Å². The van der Waals surface area contributed by atoms with Crippen molar-refractivity contribution >= 4 is 5.91 Å². The van der Waals surface area contributed by atoms with Gasteiger partial charge < -0.3 is 14.8 Å². The lowest BCUT2D eigenvalue weighted by Crippen LogP contribution is -2.23. The molecule has 0 fully saturated rings. The van der Waals surface area contributed by atoms with Crippen LogP contribution in [0.3, 0.4) is 0 Å². The minimum atomic E-state index is -0.128. The quantitative estimate of drug-likeness (QED) is 0.738. The molecule has 0 bridgehead atoms. The van der Waals surface area contributed by atoms with E-state index < -0.39 is 0 Å². The van der Waals surface area contributed by atoms with E-state index in [0.29, 0.717) is 30.9 Å². The number of aryl methyl sites for hydroxylation is 1. The van der Waals surface area contributed by atoms with E-state index >= 15 is 0 Å². The van der Waals surface area contributed by atoms with Crippen molar-refractivity contribution in [1.82, 2.24) is 5.32 Å². The smallest absolute Gasteiger partial charge is 0.221 e. The SMILES string of the molecule is CCCOc1ccc(CCC(=O)NCC#N)cc1OC. The van der Waals surface area contributed by atoms with Crippen LogP contribution in [0.4, 0.5) is 0 Å². The molecule has 0 aliphatic heterocycles. The molecule has 5 heteroatoms. The number of nitrogens with one attached hydrogen (secondary N) is 1. The van der Waals surface area contributed by atoms with E-state index in [-0.39, 0.29) is 12.5 Å². The van der Waals surface area contributed by atoms with Gasteiger partial charge in [0.1, 0.15) is 6.54 Å². The minimum Gasteiger partial charge on any atom is -0.493 e. The molecule has 1 aromatic carbocycles. The molecule has 1 amide bonds. The number of hydrogen-bond donors (Lipinski definition) is 1. The van der Waals surface area contributed by atoms with Gasteiger partial charge in [0.05, 0.1) is 19.8 Å². The van der Waals surface area contributed by atoms with E-state index in [1.807, 2.05) is 31.2 Å². The van der Waals surface area contributed by atoms with Crippen LogP contribution in [0.15, 0.2) is 18.2 Å². The molecule has 0 radical (unpaired) electrons. The lowest BCUT2D eigenvalue weighted by molar-refractivity contribution is -0.120. The first-order valence-corrected chi connectivity index (χ1v) is 6.64. The number of nitrogens with zero attached hydrogens (tertiary/aromatic N) is 1. The van der Waals surface area contributed by atoms with Crippen LogP contribution in [0.2, 0.25) is 0 Å². The summed E-state index contributed by atoms with van der Waals surface area (Å²) in [6.07, 6.45) is 1.88. The molecular formula is C15H20N2O3. The van der Waals surface area contributed by atoms with Crippen LogP contribution in [0.5, 0.6) is 11.5 Å². The summed E-state index contributed by atoms with van der Waals surface area (Å²) in [6.45, 7) is 2.74. The van der Waals surface area contributed by atoms with Gasteiger partial charge in [-0.2, -0.15) is 5.26 Å². The molecule has 108 valence electrons. The summed E-state index contributed by atoms with van der Waals surface area (Å²) < 4.78 is 10.9. The lowest BCUT2D eigenvalue weighted by Gasteiger charge is -2.11. The van der Waals surface area contributed by atoms with Crippen molar-refractivity contribution < 1.29 is 14.3 Å². The molecule has 0 saturated carbocycles. The molecular weight excluding hydrogens is 256 g/mol. The average Bonchev–Trinajstić information content (AvgIpc) is 2.49. The zero-order valence-corrected chi connectivity index (χ0v) is 11.9. The maximum atomic E-state index is 11.4. The highest BCUT2D eigenvalue weighted by atomic mass is 16.5. The van der Waals surface area contributed by atoms with Gasteiger partial charge in [0.15, 0.2) is 11.5 Å². The molecule has 0 heterocycles. The fourth-order valence-electron chi connectivity index (χ4n) is 1.68. The molecule has 0 atom stereocenters. The van der Waals surface area contributed by atoms with E-state index in [1.165, 1.54) is 0 Å². The first kappa shape index (κ1) is 15.8. The number of hydrogen-bond acceptors (Lipinski definition) is 4. The number of amides is 1. The Morgan fingerprint density at radius 2 is 2.20 bits per heavy atom. The van der Waals surface area contributed by atoms with Crippen LogP contribution in [0, 0.1) is 11.3 Å². The average molecular weight is 276 g/mol. The molecule has 0 spiro atoms. The first-order valence-electron chi connectivity index (χ1n) is 6.64. The van der Waals surface area contributed by atoms with Crippen LogP contribution in [-0.4, -0.2) is 26.2 Å². The number of carbonyl (C=O) groups is 1. The molecule has 0 aliphatic carbocycles. The summed E-state index contributed by atoms with van der Waals surface area (Å²) in [5.41, 5.74) is 0.998. The maximum Gasteiger partial charge on any atom is 0.221 e. The maximum absolute atomic E-state index is 11.4. The molecule has 5 nitrogen and oxygen atoms in total. The van der Waals surface area contributed by atoms with Crippen molar-refractivity contribution in [3.63, 3.8) is 0 Å². The van der Waals surface area contributed by atoms with E-state index in [4.69, 9.17) is 14.7 Å². The lowest BCUT2D eigenvalue weighted by atomic mass is 10.1. The largest absolute Gasteiger partial charge is 0.493 e. The monoisotopic (exact) mass is 276 g/mol. The number of rotatable bonds is 8. The Hall–Kier alpha value is -2.22. The standard InChI is InChI=1S/C15H20N2O3/c1-3-10-20-13-6-4-12(11-14(13)19-2)5-7-15(18)17-9-8-16/h4,6,11H,3,5,7,9-10H2,1-2H3,(H,17,18). The molecule has 1 rings (SSSR count). The Balaban J connectivity index is 2.59. The summed E-state index contributed by atoms with van der Waals surface area (Å²) in [5.74, 6) is 1.26. The van der Waals surface area contributed by atoms with Gasteiger partial charge in [-0.25, -0.2) is 0 Å². The van der Waals surface area contributed by atoms with Crippen molar-refractivity contribution in [3.05, 3.63) is 23.8 Å². The van der Waals surface area contributed by atoms with E-state index in [9.17, 15) is 4.79 Å². The Kier molecular flexibility index (Phi) is 6.97. The van der Waals surface area contributed by atoms with Crippen molar-refractivity contribution in [2.45, 2.75) is 26.2 Å². The van der Waals surface area contributed by atoms with Crippen LogP contribution >= 0.6 is 0 Å². The summed E-state index contributed by atoms with van der Waals surface area (Å²) >= 11 is 0. The second-order valence-electron chi connectivity index (χ2n) is 4.27. The summed E-state index contributed by atoms with van der Waals surface area (Å²) in [4.78, 5) is 11.4. The van der Waals surface area contributed by atoms with Crippen LogP contribution in [0.1, 0.15) is 25.3 Å². The third kappa shape index (κ3) is 5.19. The van der Waals surface area contributed by atoms with Crippen molar-refractivity contribution in [3.8, 4) is 17.6 Å². The Morgan fingerprint density at radius 1 is 1.40 bits per heavy atom. The van der Waals surface area contributed by atoms with Gasteiger partial charge in [0.2, 0.25) is 5.91 Å². The molecule has 20 heavy (non-hydrogen) atoms. The fraction of sp³-hybridized carbons (Fsp3) is 0.467. The number of ether oxygens (including phenoxy) is 2. The van der Waals surface area contributed by atoms with E-state index in [0.717, 1.165) is 12.0 Å². The van der Waals surface area contributed by atoms with Gasteiger partial charge in [-0.15, -0.1) is 0 Å². The van der Waals surface area contributed by atoms with Gasteiger partial charge >= 0.3 is 0 Å². The Labute approximate surface area is 119 Å². The zero-order chi connectivity index (χ0) is 14.8. The molecule has 0 unspecified atom stereocenters. The zero-order valence-electron chi connectivity index (χ0n) is 11.9. The van der Waals surface area contributed by atoms with Gasteiger partial charge in [0.25, 0.3) is 0 Å². The number of benzene rings is 1. The predicted molar refractivity (Wildman–Crippen MR) is 75.7 cm³/mol. The Bertz CT molecular complexity index is 480. The normalized spacial score (nSPS) is 9.65. The highest BCUT2D eigenvalue weighted by Gasteiger charge is 2.07. The minimum absolute atomic E-state index is 0.0476. The number of carbonyl (C=O) groups excluding carboxylic acids is 1. The summed E-state index contributed by atoms with van der Waals surface area (Å²) in [5, 5.41) is 10.9. The molecule has 0 aromatic heterocycles. The third-order valence-electron chi connectivity index (χ3n) is 2.70. The van der Waals surface area contributed by atoms with Crippen molar-refractivity contribution in [2.24, 2.45) is 0 Å². The van der Waals surface area contributed by atoms with Crippen molar-refractivity contribution in [2.75, 3.05) is 20.3 Å². The second kappa shape index (κ2) is 8.81. The van der Waals surface area contributed by atoms with Gasteiger partial charge in [0, 0.05) is 6.42 Å². The molecule has 0 saturated heterocycles. The molecule has 1 aromatic rings.